The Morgan fingerprint density at radius 2 is 0.776 bits per heavy atom. The molecule has 0 saturated carbocycles. The van der Waals surface area contributed by atoms with E-state index in [-0.39, 0.29) is 0 Å². The van der Waals surface area contributed by atoms with E-state index in [2.05, 4.69) is 110 Å². The van der Waals surface area contributed by atoms with Crippen molar-refractivity contribution in [1.82, 2.24) is 4.57 Å². The van der Waals surface area contributed by atoms with Crippen LogP contribution in [0.3, 0.4) is 0 Å². The summed E-state index contributed by atoms with van der Waals surface area (Å²) >= 11 is -4.70. The number of benzene rings is 2. The molecule has 0 N–H and O–H groups in total. The van der Waals surface area contributed by atoms with E-state index in [1.165, 1.54) is 162 Å². The summed E-state index contributed by atoms with van der Waals surface area (Å²) in [4.78, 5) is 0. The van der Waals surface area contributed by atoms with Gasteiger partial charge in [-0.2, -0.15) is 0 Å². The van der Waals surface area contributed by atoms with Crippen LogP contribution in [0.5, 0.6) is 0 Å². The van der Waals surface area contributed by atoms with Crippen LogP contribution in [0, 0.1) is 0 Å². The van der Waals surface area contributed by atoms with Gasteiger partial charge in [-0.05, 0) is 0 Å². The van der Waals surface area contributed by atoms with Crippen LogP contribution in [0.15, 0.2) is 44.6 Å². The van der Waals surface area contributed by atoms with Gasteiger partial charge < -0.3 is 0 Å². The van der Waals surface area contributed by atoms with E-state index in [1.807, 2.05) is 0 Å². The fourth-order valence-electron chi connectivity index (χ4n) is 8.25. The first kappa shape index (κ1) is 42.7. The first-order valence-corrected chi connectivity index (χ1v) is 36.8. The zero-order valence-electron chi connectivity index (χ0n) is 33.5. The number of fused-ring (bicyclic) bond motifs is 3. The van der Waals surface area contributed by atoms with Crippen LogP contribution < -0.4 is 0 Å². The third-order valence-corrected chi connectivity index (χ3v) is 39.7. The molecule has 3 rings (SSSR count). The molecule has 0 aliphatic heterocycles. The van der Waals surface area contributed by atoms with Crippen LogP contribution in [0.2, 0.25) is 26.6 Å². The van der Waals surface area contributed by atoms with Crippen LogP contribution in [-0.2, 0) is 6.54 Å². The molecule has 0 spiro atoms. The van der Waals surface area contributed by atoms with Crippen LogP contribution in [0.1, 0.15) is 162 Å². The quantitative estimate of drug-likeness (QED) is 0.0531. The fourth-order valence-corrected chi connectivity index (χ4v) is 36.6. The monoisotopic (exact) mass is 883 g/mol. The molecule has 1 aromatic heterocycles. The Morgan fingerprint density at radius 3 is 1.10 bits per heavy atom. The fraction of sp³-hybridized carbons (Fsp3) is 0.652. The number of aromatic nitrogens is 1. The average Bonchev–Trinajstić information content (AvgIpc) is 3.44. The number of nitrogens with zero attached hydrogens (tertiary/aromatic N) is 1. The zero-order valence-corrected chi connectivity index (χ0v) is 39.2. The zero-order chi connectivity index (χ0) is 35.4. The van der Waals surface area contributed by atoms with Crippen LogP contribution >= 0.6 is 0 Å². The normalized spacial score (nSPS) is 12.9. The summed E-state index contributed by atoms with van der Waals surface area (Å²) in [5.41, 5.74) is 5.73. The average molecular weight is 882 g/mol. The predicted molar refractivity (Wildman–Crippen MR) is 231 cm³/mol. The molecular weight excluding hydrogens is 804 g/mol. The molecule has 0 bridgehead atoms. The van der Waals surface area contributed by atoms with Crippen molar-refractivity contribution in [3.63, 3.8) is 0 Å². The van der Waals surface area contributed by atoms with Gasteiger partial charge in [-0.3, -0.25) is 0 Å². The third-order valence-electron chi connectivity index (χ3n) is 11.6. The van der Waals surface area contributed by atoms with Crippen molar-refractivity contribution in [2.24, 2.45) is 0 Å². The number of hydrogen-bond donors (Lipinski definition) is 0. The molecule has 49 heavy (non-hydrogen) atoms. The Bertz CT molecular complexity index is 1250. The molecule has 1 nitrogen and oxygen atoms in total. The molecule has 0 unspecified atom stereocenters. The molecule has 0 aliphatic carbocycles. The van der Waals surface area contributed by atoms with E-state index in [1.54, 1.807) is 0 Å². The second-order valence-corrected chi connectivity index (χ2v) is 41.8. The van der Waals surface area contributed by atoms with Gasteiger partial charge in [0.15, 0.2) is 0 Å². The third kappa shape index (κ3) is 13.3. The van der Waals surface area contributed by atoms with Gasteiger partial charge in [-0.25, -0.2) is 0 Å². The Labute approximate surface area is 312 Å². The van der Waals surface area contributed by atoms with Gasteiger partial charge in [-0.1, -0.05) is 6.92 Å². The van der Waals surface area contributed by atoms with E-state index in [0.717, 1.165) is 6.54 Å². The summed E-state index contributed by atoms with van der Waals surface area (Å²) in [6.07, 6.45) is 27.0. The molecule has 0 radical (unpaired) electrons. The Balaban J connectivity index is 2.11. The van der Waals surface area contributed by atoms with Gasteiger partial charge in [0.1, 0.15) is 0 Å². The molecule has 0 fully saturated rings. The maximum atomic E-state index is 2.87. The molecule has 0 saturated heterocycles. The summed E-state index contributed by atoms with van der Waals surface area (Å²) in [7, 11) is 0. The number of rotatable bonds is 27. The topological polar surface area (TPSA) is 4.93 Å². The van der Waals surface area contributed by atoms with Gasteiger partial charge in [0, 0.05) is 0 Å². The number of unbranched alkanes of at least 4 members (excludes halogenated alkanes) is 9. The molecule has 0 atom stereocenters. The molecule has 3 heteroatoms. The summed E-state index contributed by atoms with van der Waals surface area (Å²) in [6.45, 7) is 17.8. The van der Waals surface area contributed by atoms with Crippen molar-refractivity contribution < 1.29 is 0 Å². The first-order chi connectivity index (χ1) is 23.9. The van der Waals surface area contributed by atoms with Crippen molar-refractivity contribution in [1.29, 1.82) is 0 Å². The summed E-state index contributed by atoms with van der Waals surface area (Å²) in [5.74, 6) is 0. The Kier molecular flexibility index (Phi) is 20.7. The number of aryl methyl sites for hydroxylation is 1. The molecule has 0 amide bonds. The minimum absolute atomic E-state index is 1.12. The molecule has 2 aromatic carbocycles. The van der Waals surface area contributed by atoms with Crippen LogP contribution in [0.25, 0.3) is 34.0 Å². The Hall–Kier alpha value is -0.683. The second kappa shape index (κ2) is 23.8. The van der Waals surface area contributed by atoms with Crippen molar-refractivity contribution >= 4 is 70.7 Å². The van der Waals surface area contributed by atoms with Crippen LogP contribution in [-0.4, -0.2) is 41.3 Å². The summed E-state index contributed by atoms with van der Waals surface area (Å²) in [6, 6.07) is 14.9. The van der Waals surface area contributed by atoms with Gasteiger partial charge in [0.25, 0.3) is 0 Å². The second-order valence-electron chi connectivity index (χ2n) is 15.8. The van der Waals surface area contributed by atoms with Crippen molar-refractivity contribution in [2.75, 3.05) is 0 Å². The van der Waals surface area contributed by atoms with Gasteiger partial charge in [0.2, 0.25) is 0 Å². The van der Waals surface area contributed by atoms with Gasteiger partial charge >= 0.3 is 308 Å². The van der Waals surface area contributed by atoms with Gasteiger partial charge in [0.05, 0.1) is 0 Å². The van der Waals surface area contributed by atoms with Gasteiger partial charge in [-0.15, -0.1) is 0 Å². The standard InChI is InChI=1S/C22H23N.6C4H9.2Sn/c1-4-7-8-9-14-23-21-12-10-17(5-2)15-19(21)20-16-18(6-3)11-13-22(20)23;6*1-3-4-2;;/h2-3,5-6,10-13,15-16H,4,7-9,14H2,1H3;6*1,3-4H2,2H3;;. The molecule has 0 aliphatic rings. The van der Waals surface area contributed by atoms with Crippen molar-refractivity contribution in [3.8, 4) is 0 Å². The molecule has 1 heterocycles. The Morgan fingerprint density at radius 1 is 0.429 bits per heavy atom. The molecule has 3 aromatic rings. The van der Waals surface area contributed by atoms with E-state index in [9.17, 15) is 0 Å². The molecule has 274 valence electrons. The molecular formula is C46H77NSn2. The van der Waals surface area contributed by atoms with E-state index >= 15 is 0 Å². The number of hydrogen-bond acceptors (Lipinski definition) is 0. The maximum absolute atomic E-state index is 2.87. The summed E-state index contributed by atoms with van der Waals surface area (Å²) in [5, 5.41) is 2.94. The van der Waals surface area contributed by atoms with E-state index in [4.69, 9.17) is 0 Å². The minimum atomic E-state index is -2.35. The van der Waals surface area contributed by atoms with E-state index in [0.29, 0.717) is 0 Å². The first-order valence-electron chi connectivity index (χ1n) is 21.4. The summed E-state index contributed by atoms with van der Waals surface area (Å²) < 4.78 is 17.6. The SMILES string of the molecule is CCCCCCn1c2ccc(/C=[CH]/[Sn]([CH2]CCC)([CH2]CCC)[CH2]CCC)cc2c2cc(/C=[CH]/[Sn]([CH2]CCC)([CH2]CCC)[CH2]CCC)ccc21. The van der Waals surface area contributed by atoms with Crippen LogP contribution in [0.4, 0.5) is 0 Å². The predicted octanol–water partition coefficient (Wildman–Crippen LogP) is 16.2. The van der Waals surface area contributed by atoms with E-state index < -0.39 is 36.8 Å². The van der Waals surface area contributed by atoms with Crippen molar-refractivity contribution in [3.05, 3.63) is 55.7 Å². The van der Waals surface area contributed by atoms with Crippen molar-refractivity contribution in [2.45, 2.75) is 184 Å².